The van der Waals surface area contributed by atoms with E-state index in [4.69, 9.17) is 4.74 Å². The highest BCUT2D eigenvalue weighted by Gasteiger charge is 2.60. The van der Waals surface area contributed by atoms with Crippen LogP contribution in [-0.2, 0) is 4.79 Å². The third-order valence-corrected chi connectivity index (χ3v) is 4.87. The second kappa shape index (κ2) is 3.70. The zero-order chi connectivity index (χ0) is 13.0. The number of rotatable bonds is 1. The molecule has 5 heteroatoms. The van der Waals surface area contributed by atoms with Gasteiger partial charge in [0, 0.05) is 23.7 Å². The molecular weight excluding hydrogens is 244 g/mol. The summed E-state index contributed by atoms with van der Waals surface area (Å²) < 4.78 is 5.70. The van der Waals surface area contributed by atoms with Crippen molar-refractivity contribution in [3.63, 3.8) is 0 Å². The molecule has 0 unspecified atom stereocenters. The summed E-state index contributed by atoms with van der Waals surface area (Å²) >= 11 is 0. The highest BCUT2D eigenvalue weighted by molar-refractivity contribution is 5.80. The maximum atomic E-state index is 11.8. The number of hydrogen-bond donors (Lipinski definition) is 1. The van der Waals surface area contributed by atoms with E-state index in [0.29, 0.717) is 18.9 Å². The summed E-state index contributed by atoms with van der Waals surface area (Å²) in [7, 11) is 0. The summed E-state index contributed by atoms with van der Waals surface area (Å²) in [4.78, 5) is 18.2. The normalized spacial score (nSPS) is 36.2. The number of nitrogens with zero attached hydrogens (tertiary/aromatic N) is 2. The minimum atomic E-state index is -0.676. The molecule has 0 aliphatic carbocycles. The molecule has 100 valence electrons. The van der Waals surface area contributed by atoms with Gasteiger partial charge in [0.2, 0.25) is 5.88 Å². The number of carboxylic acids is 1. The van der Waals surface area contributed by atoms with Crippen LogP contribution < -0.4 is 4.74 Å². The van der Waals surface area contributed by atoms with E-state index in [9.17, 15) is 9.90 Å². The Morgan fingerprint density at radius 3 is 3.32 bits per heavy atom. The van der Waals surface area contributed by atoms with Gasteiger partial charge in [0.1, 0.15) is 5.54 Å². The van der Waals surface area contributed by atoms with Crippen LogP contribution in [0.4, 0.5) is 0 Å². The molecule has 19 heavy (non-hydrogen) atoms. The Bertz CT molecular complexity index is 547. The fourth-order valence-corrected chi connectivity index (χ4v) is 4.15. The van der Waals surface area contributed by atoms with E-state index < -0.39 is 11.5 Å². The van der Waals surface area contributed by atoms with Crippen LogP contribution in [0.2, 0.25) is 0 Å². The lowest BCUT2D eigenvalue weighted by molar-refractivity contribution is -0.148. The van der Waals surface area contributed by atoms with Crippen LogP contribution in [0.15, 0.2) is 18.3 Å². The Morgan fingerprint density at radius 2 is 2.47 bits per heavy atom. The molecule has 0 radical (unpaired) electrons. The molecular formula is C14H16N2O3. The van der Waals surface area contributed by atoms with Crippen molar-refractivity contribution in [3.8, 4) is 5.88 Å². The minimum Gasteiger partial charge on any atom is -0.480 e. The fraction of sp³-hybridized carbons (Fsp3) is 0.571. The first-order chi connectivity index (χ1) is 9.22. The summed E-state index contributed by atoms with van der Waals surface area (Å²) in [6.45, 7) is 1.45. The predicted octanol–water partition coefficient (Wildman–Crippen LogP) is 1.45. The average molecular weight is 260 g/mol. The van der Waals surface area contributed by atoms with Crippen LogP contribution in [0, 0.1) is 5.92 Å². The van der Waals surface area contributed by atoms with Crippen LogP contribution in [0.3, 0.4) is 0 Å². The molecule has 1 aromatic heterocycles. The first-order valence-corrected chi connectivity index (χ1v) is 6.80. The van der Waals surface area contributed by atoms with Crippen molar-refractivity contribution in [2.75, 3.05) is 13.2 Å². The van der Waals surface area contributed by atoms with E-state index in [1.807, 2.05) is 12.1 Å². The van der Waals surface area contributed by atoms with E-state index in [1.54, 1.807) is 6.20 Å². The van der Waals surface area contributed by atoms with Crippen LogP contribution >= 0.6 is 0 Å². The number of hydrogen-bond acceptors (Lipinski definition) is 4. The monoisotopic (exact) mass is 260 g/mol. The molecule has 1 aromatic rings. The Hall–Kier alpha value is -1.62. The van der Waals surface area contributed by atoms with Crippen molar-refractivity contribution in [1.82, 2.24) is 9.88 Å². The van der Waals surface area contributed by atoms with Crippen molar-refractivity contribution >= 4 is 5.97 Å². The van der Waals surface area contributed by atoms with E-state index in [-0.39, 0.29) is 12.0 Å². The number of aromatic nitrogens is 1. The number of pyridine rings is 1. The zero-order valence-electron chi connectivity index (χ0n) is 10.6. The molecule has 3 aliphatic heterocycles. The van der Waals surface area contributed by atoms with Gasteiger partial charge in [-0.2, -0.15) is 0 Å². The standard InChI is InChI=1S/C14H16N2O3/c17-13(18)14-4-2-6-16(14)11-9(7-14)8-19-12-10(11)3-1-5-15-12/h1,3,5,9,11H,2,4,6-8H2,(H,17,18)/t9-,11-,14-/m0/s1. The van der Waals surface area contributed by atoms with Crippen LogP contribution in [0.25, 0.3) is 0 Å². The molecule has 3 aliphatic rings. The number of carboxylic acid groups (broad SMARTS) is 1. The molecule has 1 N–H and O–H groups in total. The molecule has 0 bridgehead atoms. The SMILES string of the molecule is O=C(O)[C@@]12CCCN1[C@@H]1c3cccnc3OC[C@@H]1C2. The lowest BCUT2D eigenvalue weighted by Crippen LogP contribution is -2.46. The molecule has 4 heterocycles. The summed E-state index contributed by atoms with van der Waals surface area (Å²) in [6.07, 6.45) is 4.14. The smallest absolute Gasteiger partial charge is 0.324 e. The minimum absolute atomic E-state index is 0.163. The first kappa shape index (κ1) is 11.2. The largest absolute Gasteiger partial charge is 0.480 e. The Morgan fingerprint density at radius 1 is 1.58 bits per heavy atom. The summed E-state index contributed by atoms with van der Waals surface area (Å²) in [5.41, 5.74) is 0.389. The second-order valence-corrected chi connectivity index (χ2v) is 5.75. The molecule has 5 nitrogen and oxygen atoms in total. The molecule has 0 amide bonds. The molecule has 2 fully saturated rings. The highest BCUT2D eigenvalue weighted by atomic mass is 16.5. The maximum Gasteiger partial charge on any atom is 0.324 e. The van der Waals surface area contributed by atoms with Gasteiger partial charge in [-0.1, -0.05) is 6.07 Å². The number of carbonyl (C=O) groups is 1. The van der Waals surface area contributed by atoms with Gasteiger partial charge in [-0.3, -0.25) is 9.69 Å². The molecule has 4 rings (SSSR count). The van der Waals surface area contributed by atoms with Crippen LogP contribution in [0.1, 0.15) is 30.9 Å². The summed E-state index contributed by atoms with van der Waals surface area (Å²) in [6, 6.07) is 4.09. The van der Waals surface area contributed by atoms with Crippen molar-refractivity contribution < 1.29 is 14.6 Å². The molecule has 0 aromatic carbocycles. The third kappa shape index (κ3) is 1.33. The van der Waals surface area contributed by atoms with Gasteiger partial charge in [0.05, 0.1) is 6.61 Å². The average Bonchev–Trinajstić information content (AvgIpc) is 2.95. The van der Waals surface area contributed by atoms with Crippen molar-refractivity contribution in [2.24, 2.45) is 5.92 Å². The summed E-state index contributed by atoms with van der Waals surface area (Å²) in [5, 5.41) is 9.67. The molecule has 0 spiro atoms. The Balaban J connectivity index is 1.82. The van der Waals surface area contributed by atoms with Crippen molar-refractivity contribution in [1.29, 1.82) is 0 Å². The van der Waals surface area contributed by atoms with Crippen LogP contribution in [-0.4, -0.2) is 39.7 Å². The fourth-order valence-electron chi connectivity index (χ4n) is 4.15. The second-order valence-electron chi connectivity index (χ2n) is 5.75. The number of ether oxygens (including phenoxy) is 1. The lowest BCUT2D eigenvalue weighted by Gasteiger charge is -2.34. The van der Waals surface area contributed by atoms with Gasteiger partial charge in [-0.15, -0.1) is 0 Å². The Labute approximate surface area is 111 Å². The highest BCUT2D eigenvalue weighted by Crippen LogP contribution is 2.54. The van der Waals surface area contributed by atoms with Crippen molar-refractivity contribution in [3.05, 3.63) is 23.9 Å². The van der Waals surface area contributed by atoms with Crippen molar-refractivity contribution in [2.45, 2.75) is 30.8 Å². The number of aliphatic carboxylic acids is 1. The van der Waals surface area contributed by atoms with Gasteiger partial charge in [-0.05, 0) is 31.9 Å². The van der Waals surface area contributed by atoms with E-state index >= 15 is 0 Å². The van der Waals surface area contributed by atoms with Gasteiger partial charge >= 0.3 is 5.97 Å². The molecule has 0 saturated carbocycles. The predicted molar refractivity (Wildman–Crippen MR) is 66.9 cm³/mol. The van der Waals surface area contributed by atoms with Gasteiger partial charge < -0.3 is 9.84 Å². The van der Waals surface area contributed by atoms with Gasteiger partial charge in [0.25, 0.3) is 0 Å². The third-order valence-electron chi connectivity index (χ3n) is 4.87. The zero-order valence-corrected chi connectivity index (χ0v) is 10.6. The van der Waals surface area contributed by atoms with E-state index in [2.05, 4.69) is 9.88 Å². The number of fused-ring (bicyclic) bond motifs is 5. The first-order valence-electron chi connectivity index (χ1n) is 6.80. The molecule has 2 saturated heterocycles. The van der Waals surface area contributed by atoms with Crippen LogP contribution in [0.5, 0.6) is 5.88 Å². The topological polar surface area (TPSA) is 62.7 Å². The van der Waals surface area contributed by atoms with Gasteiger partial charge in [-0.25, -0.2) is 4.98 Å². The molecule has 3 atom stereocenters. The summed E-state index contributed by atoms with van der Waals surface area (Å²) in [5.74, 6) is 0.273. The van der Waals surface area contributed by atoms with E-state index in [1.165, 1.54) is 0 Å². The van der Waals surface area contributed by atoms with E-state index in [0.717, 1.165) is 24.9 Å². The van der Waals surface area contributed by atoms with Gasteiger partial charge in [0.15, 0.2) is 0 Å². The maximum absolute atomic E-state index is 11.8. The Kier molecular flexibility index (Phi) is 2.18. The lowest BCUT2D eigenvalue weighted by atomic mass is 9.87. The quantitative estimate of drug-likeness (QED) is 0.828.